The quantitative estimate of drug-likeness (QED) is 0.693. The second-order valence-corrected chi connectivity index (χ2v) is 6.94. The van der Waals surface area contributed by atoms with Crippen LogP contribution >= 0.6 is 0 Å². The first-order valence-corrected chi connectivity index (χ1v) is 9.35. The summed E-state index contributed by atoms with van der Waals surface area (Å²) in [5.74, 6) is 1.80. The summed E-state index contributed by atoms with van der Waals surface area (Å²) < 4.78 is 11.7. The molecule has 0 bridgehead atoms. The number of rotatable bonds is 6. The molecule has 1 fully saturated rings. The molecule has 0 amide bonds. The van der Waals surface area contributed by atoms with Gasteiger partial charge in [-0.1, -0.05) is 0 Å². The number of hydrogen-bond donors (Lipinski definition) is 0. The topological polar surface area (TPSA) is 24.9 Å². The van der Waals surface area contributed by atoms with Crippen molar-refractivity contribution in [3.8, 4) is 11.5 Å². The van der Waals surface area contributed by atoms with E-state index < -0.39 is 0 Å². The summed E-state index contributed by atoms with van der Waals surface area (Å²) >= 11 is 3.28. The van der Waals surface area contributed by atoms with Crippen molar-refractivity contribution >= 4 is 20.2 Å². The van der Waals surface area contributed by atoms with Crippen LogP contribution in [0.4, 0.5) is 0 Å². The summed E-state index contributed by atoms with van der Waals surface area (Å²) in [5.41, 5.74) is 2.58. The van der Waals surface area contributed by atoms with E-state index in [1.165, 1.54) is 15.8 Å². The number of benzene rings is 2. The maximum atomic E-state index is 5.24. The van der Waals surface area contributed by atoms with E-state index in [0.717, 1.165) is 44.1 Å². The first kappa shape index (κ1) is 17.8. The van der Waals surface area contributed by atoms with Crippen molar-refractivity contribution in [1.29, 1.82) is 0 Å². The third kappa shape index (κ3) is 4.56. The zero-order chi connectivity index (χ0) is 17.6. The van der Waals surface area contributed by atoms with Crippen molar-refractivity contribution in [1.82, 2.24) is 9.80 Å². The Morgan fingerprint density at radius 3 is 1.52 bits per heavy atom. The Balaban J connectivity index is 1.63. The van der Waals surface area contributed by atoms with E-state index in [2.05, 4.69) is 49.6 Å². The molecule has 0 aromatic heterocycles. The Bertz CT molecular complexity index is 641. The Kier molecular flexibility index (Phi) is 6.00. The first-order valence-electron chi connectivity index (χ1n) is 8.49. The average Bonchev–Trinajstić information content (AvgIpc) is 2.66. The summed E-state index contributed by atoms with van der Waals surface area (Å²) in [6, 6.07) is 16.6. The molecule has 1 heterocycles. The van der Waals surface area contributed by atoms with Gasteiger partial charge in [0.05, 0.1) is 0 Å². The van der Waals surface area contributed by atoms with Crippen LogP contribution in [-0.4, -0.2) is 57.4 Å². The fourth-order valence-electron chi connectivity index (χ4n) is 3.04. The zero-order valence-corrected chi connectivity index (χ0v) is 16.5. The van der Waals surface area contributed by atoms with Gasteiger partial charge in [0.2, 0.25) is 0 Å². The molecule has 1 aliphatic rings. The fourth-order valence-corrected chi connectivity index (χ4v) is 3.69. The van der Waals surface area contributed by atoms with E-state index in [0.29, 0.717) is 0 Å². The SMILES string of the molecule is COc1ccc(CN2CCCN(Cc3ccc(OC)cc3)C2=[Se])cc1. The summed E-state index contributed by atoms with van der Waals surface area (Å²) in [4.78, 5) is 4.82. The second-order valence-electron chi connectivity index (χ2n) is 6.18. The molecule has 2 aromatic carbocycles. The average molecular weight is 403 g/mol. The molecule has 0 unspecified atom stereocenters. The summed E-state index contributed by atoms with van der Waals surface area (Å²) in [7, 11) is 3.40. The molecule has 0 radical (unpaired) electrons. The molecule has 4 nitrogen and oxygen atoms in total. The van der Waals surface area contributed by atoms with Crippen molar-refractivity contribution in [3.05, 3.63) is 59.7 Å². The van der Waals surface area contributed by atoms with Gasteiger partial charge in [0.1, 0.15) is 0 Å². The van der Waals surface area contributed by atoms with Gasteiger partial charge in [0, 0.05) is 0 Å². The van der Waals surface area contributed by atoms with Crippen molar-refractivity contribution in [2.75, 3.05) is 27.3 Å². The molecule has 0 saturated carbocycles. The molecule has 3 rings (SSSR count). The minimum absolute atomic E-state index is 0.899. The predicted octanol–water partition coefficient (Wildman–Crippen LogP) is 2.67. The van der Waals surface area contributed by atoms with Crippen molar-refractivity contribution in [3.63, 3.8) is 0 Å². The van der Waals surface area contributed by atoms with E-state index in [1.807, 2.05) is 24.3 Å². The van der Waals surface area contributed by atoms with Gasteiger partial charge in [0.25, 0.3) is 0 Å². The molecule has 0 spiro atoms. The first-order chi connectivity index (χ1) is 12.2. The molecular formula is C20H24N2O2Se. The van der Waals surface area contributed by atoms with Gasteiger partial charge in [-0.05, 0) is 0 Å². The summed E-state index contributed by atoms with van der Waals surface area (Å²) in [5, 5.41) is 0. The van der Waals surface area contributed by atoms with Crippen LogP contribution in [0.5, 0.6) is 11.5 Å². The van der Waals surface area contributed by atoms with E-state index in [4.69, 9.17) is 9.47 Å². The second kappa shape index (κ2) is 8.41. The monoisotopic (exact) mass is 404 g/mol. The van der Waals surface area contributed by atoms with E-state index in [-0.39, 0.29) is 0 Å². The van der Waals surface area contributed by atoms with Gasteiger partial charge in [-0.15, -0.1) is 0 Å². The molecule has 0 aliphatic carbocycles. The van der Waals surface area contributed by atoms with Crippen molar-refractivity contribution < 1.29 is 9.47 Å². The number of ether oxygens (including phenoxy) is 2. The molecule has 0 N–H and O–H groups in total. The fraction of sp³-hybridized carbons (Fsp3) is 0.350. The van der Waals surface area contributed by atoms with Gasteiger partial charge in [-0.3, -0.25) is 0 Å². The molecule has 0 atom stereocenters. The van der Waals surface area contributed by atoms with Crippen LogP contribution in [0.25, 0.3) is 0 Å². The molecule has 25 heavy (non-hydrogen) atoms. The van der Waals surface area contributed by atoms with Crippen LogP contribution in [0.3, 0.4) is 0 Å². The van der Waals surface area contributed by atoms with Gasteiger partial charge in [0.15, 0.2) is 0 Å². The van der Waals surface area contributed by atoms with Crippen LogP contribution in [-0.2, 0) is 13.1 Å². The van der Waals surface area contributed by atoms with Gasteiger partial charge in [-0.25, -0.2) is 0 Å². The Morgan fingerprint density at radius 1 is 0.760 bits per heavy atom. The maximum absolute atomic E-state index is 5.24. The number of hydrogen-bond acceptors (Lipinski definition) is 4. The van der Waals surface area contributed by atoms with Crippen LogP contribution in [0.2, 0.25) is 0 Å². The van der Waals surface area contributed by atoms with Crippen LogP contribution < -0.4 is 9.47 Å². The predicted molar refractivity (Wildman–Crippen MR) is 102 cm³/mol. The number of methoxy groups -OCH3 is 2. The third-order valence-electron chi connectivity index (χ3n) is 4.46. The number of nitrogens with zero attached hydrogens (tertiary/aromatic N) is 2. The molecular weight excluding hydrogens is 379 g/mol. The minimum atomic E-state index is 0.899. The van der Waals surface area contributed by atoms with Gasteiger partial charge >= 0.3 is 157 Å². The third-order valence-corrected chi connectivity index (χ3v) is 5.55. The van der Waals surface area contributed by atoms with E-state index in [9.17, 15) is 0 Å². The molecule has 5 heteroatoms. The van der Waals surface area contributed by atoms with Crippen LogP contribution in [0, 0.1) is 0 Å². The standard InChI is InChI=1S/C20H24N2O2Se/c1-23-18-8-4-16(5-9-18)14-21-12-3-13-22(20(21)25)15-17-6-10-19(24-2)11-7-17/h4-11H,3,12-15H2,1-2H3. The van der Waals surface area contributed by atoms with Gasteiger partial charge in [-0.2, -0.15) is 0 Å². The summed E-state index contributed by atoms with van der Waals surface area (Å²) in [6.45, 7) is 3.97. The van der Waals surface area contributed by atoms with Crippen LogP contribution in [0.1, 0.15) is 17.5 Å². The Morgan fingerprint density at radius 2 is 1.16 bits per heavy atom. The molecule has 132 valence electrons. The van der Waals surface area contributed by atoms with Crippen molar-refractivity contribution in [2.24, 2.45) is 0 Å². The Labute approximate surface area is 157 Å². The molecule has 1 aliphatic heterocycles. The van der Waals surface area contributed by atoms with E-state index >= 15 is 0 Å². The van der Waals surface area contributed by atoms with Crippen LogP contribution in [0.15, 0.2) is 48.5 Å². The molecule has 2 aromatic rings. The van der Waals surface area contributed by atoms with E-state index in [1.54, 1.807) is 14.2 Å². The molecule has 1 saturated heterocycles. The van der Waals surface area contributed by atoms with Gasteiger partial charge < -0.3 is 0 Å². The zero-order valence-electron chi connectivity index (χ0n) is 14.8. The summed E-state index contributed by atoms with van der Waals surface area (Å²) in [6.07, 6.45) is 1.16. The normalized spacial score (nSPS) is 14.6. The Hall–Kier alpha value is -1.97. The van der Waals surface area contributed by atoms with Crippen molar-refractivity contribution in [2.45, 2.75) is 19.5 Å².